The Morgan fingerprint density at radius 3 is 2.53 bits per heavy atom. The smallest absolute Gasteiger partial charge is 0.343 e. The molecule has 0 aliphatic carbocycles. The fourth-order valence-electron chi connectivity index (χ4n) is 2.62. The van der Waals surface area contributed by atoms with Gasteiger partial charge in [0.1, 0.15) is 12.4 Å². The van der Waals surface area contributed by atoms with Crippen LogP contribution in [-0.4, -0.2) is 30.6 Å². The first-order valence-electron chi connectivity index (χ1n) is 9.29. The van der Waals surface area contributed by atoms with Crippen LogP contribution in [0.1, 0.15) is 21.5 Å². The van der Waals surface area contributed by atoms with Gasteiger partial charge in [0, 0.05) is 23.5 Å². The van der Waals surface area contributed by atoms with Gasteiger partial charge in [0.2, 0.25) is 5.88 Å². The highest BCUT2D eigenvalue weighted by Crippen LogP contribution is 2.22. The van der Waals surface area contributed by atoms with Crippen molar-refractivity contribution in [3.63, 3.8) is 0 Å². The fraction of sp³-hybridized carbons (Fsp3) is 0.174. The second kappa shape index (κ2) is 10.1. The van der Waals surface area contributed by atoms with Gasteiger partial charge in [-0.2, -0.15) is 0 Å². The number of ether oxygens (including phenoxy) is 3. The van der Waals surface area contributed by atoms with E-state index in [1.807, 2.05) is 37.3 Å². The molecule has 7 nitrogen and oxygen atoms in total. The number of methoxy groups -OCH3 is 1. The third-order valence-corrected chi connectivity index (χ3v) is 4.26. The molecule has 0 saturated heterocycles. The van der Waals surface area contributed by atoms with Crippen molar-refractivity contribution in [2.24, 2.45) is 0 Å². The number of pyridine rings is 1. The van der Waals surface area contributed by atoms with E-state index in [1.54, 1.807) is 30.3 Å². The minimum Gasteiger partial charge on any atom is -0.482 e. The Balaban J connectivity index is 1.62. The average molecular weight is 406 g/mol. The van der Waals surface area contributed by atoms with Crippen molar-refractivity contribution < 1.29 is 23.8 Å². The number of hydrogen-bond donors (Lipinski definition) is 1. The molecule has 0 radical (unpaired) electrons. The van der Waals surface area contributed by atoms with Gasteiger partial charge in [0.15, 0.2) is 6.61 Å². The highest BCUT2D eigenvalue weighted by atomic mass is 16.6. The summed E-state index contributed by atoms with van der Waals surface area (Å²) in [4.78, 5) is 28.0. The number of nitrogens with one attached hydrogen (secondary N) is 1. The lowest BCUT2D eigenvalue weighted by Gasteiger charge is -2.11. The largest absolute Gasteiger partial charge is 0.482 e. The van der Waals surface area contributed by atoms with Crippen molar-refractivity contribution in [1.29, 1.82) is 0 Å². The third-order valence-electron chi connectivity index (χ3n) is 4.26. The molecular weight excluding hydrogens is 384 g/mol. The molecule has 0 atom stereocenters. The number of nitrogens with zero attached hydrogens (tertiary/aromatic N) is 1. The molecule has 0 aliphatic heterocycles. The number of carbonyl (C=O) groups excluding carboxylic acids is 2. The second-order valence-corrected chi connectivity index (χ2v) is 6.45. The van der Waals surface area contributed by atoms with E-state index < -0.39 is 5.97 Å². The highest BCUT2D eigenvalue weighted by molar-refractivity contribution is 6.04. The zero-order valence-electron chi connectivity index (χ0n) is 16.8. The Morgan fingerprint density at radius 2 is 1.80 bits per heavy atom. The van der Waals surface area contributed by atoms with Crippen LogP contribution < -0.4 is 14.8 Å². The van der Waals surface area contributed by atoms with Crippen LogP contribution in [0.2, 0.25) is 0 Å². The molecule has 1 amide bonds. The molecule has 1 N–H and O–H groups in total. The van der Waals surface area contributed by atoms with Crippen LogP contribution in [0.4, 0.5) is 5.69 Å². The van der Waals surface area contributed by atoms with Crippen LogP contribution >= 0.6 is 0 Å². The summed E-state index contributed by atoms with van der Waals surface area (Å²) in [6.45, 7) is 2.02. The van der Waals surface area contributed by atoms with Crippen molar-refractivity contribution in [2.45, 2.75) is 13.5 Å². The molecule has 3 aromatic rings. The molecule has 2 aromatic carbocycles. The number of benzene rings is 2. The number of aryl methyl sites for hydroxylation is 1. The van der Waals surface area contributed by atoms with Crippen molar-refractivity contribution in [3.8, 4) is 11.6 Å². The molecule has 0 unspecified atom stereocenters. The van der Waals surface area contributed by atoms with Gasteiger partial charge < -0.3 is 19.5 Å². The first-order valence-corrected chi connectivity index (χ1v) is 9.29. The zero-order chi connectivity index (χ0) is 21.3. The van der Waals surface area contributed by atoms with E-state index in [9.17, 15) is 9.59 Å². The molecule has 1 heterocycles. The fourth-order valence-corrected chi connectivity index (χ4v) is 2.62. The Labute approximate surface area is 174 Å². The molecule has 3 rings (SSSR count). The van der Waals surface area contributed by atoms with Gasteiger partial charge in [-0.05, 0) is 42.3 Å². The van der Waals surface area contributed by atoms with E-state index in [4.69, 9.17) is 9.47 Å². The number of hydrogen-bond acceptors (Lipinski definition) is 6. The summed E-state index contributed by atoms with van der Waals surface area (Å²) in [7, 11) is 1.30. The van der Waals surface area contributed by atoms with Crippen LogP contribution in [0.5, 0.6) is 11.6 Å². The molecule has 30 heavy (non-hydrogen) atoms. The van der Waals surface area contributed by atoms with Crippen molar-refractivity contribution in [1.82, 2.24) is 4.98 Å². The quantitative estimate of drug-likeness (QED) is 0.573. The predicted octanol–water partition coefficient (Wildman–Crippen LogP) is 3.77. The highest BCUT2D eigenvalue weighted by Gasteiger charge is 2.11. The first-order chi connectivity index (χ1) is 14.5. The normalized spacial score (nSPS) is 10.2. The van der Waals surface area contributed by atoms with E-state index in [0.717, 1.165) is 11.1 Å². The van der Waals surface area contributed by atoms with Crippen molar-refractivity contribution in [3.05, 3.63) is 83.6 Å². The van der Waals surface area contributed by atoms with Crippen LogP contribution in [-0.2, 0) is 16.1 Å². The maximum absolute atomic E-state index is 12.6. The average Bonchev–Trinajstić information content (AvgIpc) is 2.78. The molecule has 0 bridgehead atoms. The Bertz CT molecular complexity index is 1020. The Morgan fingerprint density at radius 1 is 1.00 bits per heavy atom. The summed E-state index contributed by atoms with van der Waals surface area (Å²) in [5, 5.41) is 2.86. The maximum atomic E-state index is 12.6. The lowest BCUT2D eigenvalue weighted by molar-refractivity contribution is -0.142. The molecular formula is C23H22N2O5. The number of rotatable bonds is 8. The molecule has 154 valence electrons. The van der Waals surface area contributed by atoms with Gasteiger partial charge in [-0.3, -0.25) is 4.79 Å². The maximum Gasteiger partial charge on any atom is 0.343 e. The van der Waals surface area contributed by atoms with Gasteiger partial charge in [-0.1, -0.05) is 30.3 Å². The van der Waals surface area contributed by atoms with Crippen molar-refractivity contribution in [2.75, 3.05) is 19.0 Å². The number of aromatic nitrogens is 1. The topological polar surface area (TPSA) is 86.8 Å². The zero-order valence-corrected chi connectivity index (χ0v) is 16.8. The monoisotopic (exact) mass is 406 g/mol. The van der Waals surface area contributed by atoms with E-state index in [2.05, 4.69) is 15.0 Å². The summed E-state index contributed by atoms with van der Waals surface area (Å²) >= 11 is 0. The number of carbonyl (C=O) groups is 2. The molecule has 0 aliphatic rings. The van der Waals surface area contributed by atoms with E-state index >= 15 is 0 Å². The van der Waals surface area contributed by atoms with Gasteiger partial charge >= 0.3 is 5.97 Å². The van der Waals surface area contributed by atoms with Crippen LogP contribution in [0.3, 0.4) is 0 Å². The van der Waals surface area contributed by atoms with Gasteiger partial charge in [0.25, 0.3) is 5.91 Å². The molecule has 0 spiro atoms. The third kappa shape index (κ3) is 5.81. The van der Waals surface area contributed by atoms with Crippen LogP contribution in [0, 0.1) is 6.92 Å². The molecule has 0 fully saturated rings. The van der Waals surface area contributed by atoms with Gasteiger partial charge in [-0.15, -0.1) is 0 Å². The molecule has 0 saturated carbocycles. The number of anilines is 1. The lowest BCUT2D eigenvalue weighted by atomic mass is 10.1. The summed E-state index contributed by atoms with van der Waals surface area (Å²) in [6.07, 6.45) is 1.53. The standard InChI is InChI=1S/C23H22N2O5/c1-16-12-19(29-15-22(26)28-2)8-9-20(16)25-23(27)18-10-11-24-21(13-18)30-14-17-6-4-3-5-7-17/h3-13H,14-15H2,1-2H3,(H,25,27). The second-order valence-electron chi connectivity index (χ2n) is 6.45. The summed E-state index contributed by atoms with van der Waals surface area (Å²) in [5.74, 6) is 0.132. The molecule has 7 heteroatoms. The Hall–Kier alpha value is -3.87. The molecule has 1 aromatic heterocycles. The van der Waals surface area contributed by atoms with Crippen LogP contribution in [0.25, 0.3) is 0 Å². The first kappa shape index (κ1) is 20.9. The van der Waals surface area contributed by atoms with E-state index in [1.165, 1.54) is 13.3 Å². The summed E-state index contributed by atoms with van der Waals surface area (Å²) < 4.78 is 15.6. The lowest BCUT2D eigenvalue weighted by Crippen LogP contribution is -2.14. The van der Waals surface area contributed by atoms with E-state index in [-0.39, 0.29) is 12.5 Å². The minimum absolute atomic E-state index is 0.176. The minimum atomic E-state index is -0.465. The van der Waals surface area contributed by atoms with Gasteiger partial charge in [-0.25, -0.2) is 9.78 Å². The Kier molecular flexibility index (Phi) is 7.00. The predicted molar refractivity (Wildman–Crippen MR) is 112 cm³/mol. The van der Waals surface area contributed by atoms with E-state index in [0.29, 0.717) is 29.5 Å². The van der Waals surface area contributed by atoms with Crippen molar-refractivity contribution >= 4 is 17.6 Å². The SMILES string of the molecule is COC(=O)COc1ccc(NC(=O)c2ccnc(OCc3ccccc3)c2)c(C)c1. The summed E-state index contributed by atoms with van der Waals surface area (Å²) in [6, 6.07) is 18.1. The number of amides is 1. The summed E-state index contributed by atoms with van der Waals surface area (Å²) in [5.41, 5.74) is 2.87. The van der Waals surface area contributed by atoms with Gasteiger partial charge in [0.05, 0.1) is 7.11 Å². The van der Waals surface area contributed by atoms with Crippen LogP contribution in [0.15, 0.2) is 66.9 Å². The number of esters is 1.